The predicted octanol–water partition coefficient (Wildman–Crippen LogP) is 1.99. The van der Waals surface area contributed by atoms with Crippen molar-refractivity contribution in [2.75, 3.05) is 13.2 Å². The summed E-state index contributed by atoms with van der Waals surface area (Å²) in [6, 6.07) is 7.44. The van der Waals surface area contributed by atoms with Gasteiger partial charge in [-0.3, -0.25) is 0 Å². The lowest BCUT2D eigenvalue weighted by atomic mass is 10.3. The molecule has 0 atom stereocenters. The monoisotopic (exact) mass is 238 g/mol. The highest BCUT2D eigenvalue weighted by Gasteiger charge is 1.97. The van der Waals surface area contributed by atoms with Gasteiger partial charge in [0.25, 0.3) is 0 Å². The van der Waals surface area contributed by atoms with Gasteiger partial charge in [0.1, 0.15) is 17.3 Å². The minimum Gasteiger partial charge on any atom is -0.494 e. The zero-order valence-corrected chi connectivity index (χ0v) is 9.93. The smallest absolute Gasteiger partial charge is 0.139 e. The van der Waals surface area contributed by atoms with Gasteiger partial charge in [-0.15, -0.1) is 0 Å². The third-order valence-corrected chi connectivity index (χ3v) is 2.11. The molecule has 0 aliphatic heterocycles. The van der Waals surface area contributed by atoms with E-state index in [-0.39, 0.29) is 5.84 Å². The van der Waals surface area contributed by atoms with Crippen LogP contribution in [0.2, 0.25) is 0 Å². The highest BCUT2D eigenvalue weighted by atomic mass is 16.5. The average Bonchev–Trinajstić information content (AvgIpc) is 2.36. The fourth-order valence-corrected chi connectivity index (χ4v) is 1.29. The van der Waals surface area contributed by atoms with E-state index in [2.05, 4.69) is 5.16 Å². The third-order valence-electron chi connectivity index (χ3n) is 2.11. The molecule has 94 valence electrons. The molecule has 1 aromatic rings. The lowest BCUT2D eigenvalue weighted by Gasteiger charge is -2.07. The number of hydrogen-bond acceptors (Lipinski definition) is 4. The van der Waals surface area contributed by atoms with Gasteiger partial charge in [0, 0.05) is 6.42 Å². The fraction of sp³-hybridized carbons (Fsp3) is 0.417. The normalized spacial score (nSPS) is 11.2. The Morgan fingerprint density at radius 1 is 1.24 bits per heavy atom. The number of hydrogen-bond donors (Lipinski definition) is 2. The molecule has 17 heavy (non-hydrogen) atoms. The SMILES string of the molecule is CCOc1ccc(OCCC/C(N)=N/O)cc1. The first kappa shape index (κ1) is 13.2. The van der Waals surface area contributed by atoms with Gasteiger partial charge in [-0.05, 0) is 37.6 Å². The van der Waals surface area contributed by atoms with E-state index in [1.807, 2.05) is 31.2 Å². The Labute approximate surface area is 101 Å². The van der Waals surface area contributed by atoms with E-state index in [4.69, 9.17) is 20.4 Å². The average molecular weight is 238 g/mol. The van der Waals surface area contributed by atoms with Crippen LogP contribution in [0.3, 0.4) is 0 Å². The molecule has 0 unspecified atom stereocenters. The second kappa shape index (κ2) is 7.38. The second-order valence-corrected chi connectivity index (χ2v) is 3.45. The van der Waals surface area contributed by atoms with E-state index in [0.717, 1.165) is 11.5 Å². The molecule has 1 aromatic carbocycles. The van der Waals surface area contributed by atoms with Crippen LogP contribution in [-0.4, -0.2) is 24.3 Å². The Balaban J connectivity index is 2.27. The van der Waals surface area contributed by atoms with E-state index < -0.39 is 0 Å². The Kier molecular flexibility index (Phi) is 5.71. The van der Waals surface area contributed by atoms with Gasteiger partial charge in [-0.25, -0.2) is 0 Å². The van der Waals surface area contributed by atoms with Crippen LogP contribution in [0.4, 0.5) is 0 Å². The molecule has 0 radical (unpaired) electrons. The molecule has 3 N–H and O–H groups in total. The standard InChI is InChI=1S/C12H18N2O3/c1-2-16-10-5-7-11(8-6-10)17-9-3-4-12(13)14-15/h5-8,15H,2-4,9H2,1H3,(H2,13,14). The summed E-state index contributed by atoms with van der Waals surface area (Å²) in [5, 5.41) is 11.2. The Bertz CT molecular complexity index is 349. The maximum atomic E-state index is 8.34. The summed E-state index contributed by atoms with van der Waals surface area (Å²) in [6.45, 7) is 3.13. The lowest BCUT2D eigenvalue weighted by Crippen LogP contribution is -2.12. The molecule has 0 aliphatic carbocycles. The van der Waals surface area contributed by atoms with Crippen molar-refractivity contribution in [2.24, 2.45) is 10.9 Å². The van der Waals surface area contributed by atoms with Crippen LogP contribution in [0.15, 0.2) is 29.4 Å². The summed E-state index contributed by atoms with van der Waals surface area (Å²) >= 11 is 0. The second-order valence-electron chi connectivity index (χ2n) is 3.45. The minimum absolute atomic E-state index is 0.222. The fourth-order valence-electron chi connectivity index (χ4n) is 1.29. The van der Waals surface area contributed by atoms with Crippen molar-refractivity contribution in [1.82, 2.24) is 0 Å². The highest BCUT2D eigenvalue weighted by Crippen LogP contribution is 2.17. The summed E-state index contributed by atoms with van der Waals surface area (Å²) in [6.07, 6.45) is 1.23. The number of ether oxygens (including phenoxy) is 2. The third kappa shape index (κ3) is 5.10. The van der Waals surface area contributed by atoms with Crippen LogP contribution >= 0.6 is 0 Å². The van der Waals surface area contributed by atoms with Crippen molar-refractivity contribution in [3.8, 4) is 11.5 Å². The van der Waals surface area contributed by atoms with Gasteiger partial charge in [-0.1, -0.05) is 5.16 Å². The van der Waals surface area contributed by atoms with Crippen LogP contribution in [-0.2, 0) is 0 Å². The number of rotatable bonds is 7. The molecule has 1 rings (SSSR count). The molecule has 0 fully saturated rings. The number of amidine groups is 1. The largest absolute Gasteiger partial charge is 0.494 e. The van der Waals surface area contributed by atoms with Crippen LogP contribution in [0, 0.1) is 0 Å². The zero-order chi connectivity index (χ0) is 12.5. The molecular weight excluding hydrogens is 220 g/mol. The first-order valence-corrected chi connectivity index (χ1v) is 5.58. The molecule has 0 spiro atoms. The van der Waals surface area contributed by atoms with Crippen molar-refractivity contribution in [1.29, 1.82) is 0 Å². The van der Waals surface area contributed by atoms with Crippen LogP contribution < -0.4 is 15.2 Å². The van der Waals surface area contributed by atoms with Gasteiger partial charge in [0.05, 0.1) is 13.2 Å². The van der Waals surface area contributed by atoms with Crippen molar-refractivity contribution in [3.63, 3.8) is 0 Å². The van der Waals surface area contributed by atoms with Crippen molar-refractivity contribution in [3.05, 3.63) is 24.3 Å². The van der Waals surface area contributed by atoms with Gasteiger partial charge < -0.3 is 20.4 Å². The van der Waals surface area contributed by atoms with Crippen molar-refractivity contribution in [2.45, 2.75) is 19.8 Å². The summed E-state index contributed by atoms with van der Waals surface area (Å²) < 4.78 is 10.8. The maximum Gasteiger partial charge on any atom is 0.139 e. The first-order valence-electron chi connectivity index (χ1n) is 5.58. The zero-order valence-electron chi connectivity index (χ0n) is 9.93. The molecule has 0 bridgehead atoms. The minimum atomic E-state index is 0.222. The first-order chi connectivity index (χ1) is 8.26. The molecule has 0 aliphatic rings. The topological polar surface area (TPSA) is 77.1 Å². The summed E-state index contributed by atoms with van der Waals surface area (Å²) in [7, 11) is 0. The van der Waals surface area contributed by atoms with E-state index in [9.17, 15) is 0 Å². The van der Waals surface area contributed by atoms with E-state index in [0.29, 0.717) is 26.1 Å². The Morgan fingerprint density at radius 3 is 2.35 bits per heavy atom. The van der Waals surface area contributed by atoms with E-state index in [1.165, 1.54) is 0 Å². The number of nitrogens with zero attached hydrogens (tertiary/aromatic N) is 1. The molecule has 5 nitrogen and oxygen atoms in total. The van der Waals surface area contributed by atoms with Crippen molar-refractivity contribution < 1.29 is 14.7 Å². The van der Waals surface area contributed by atoms with Gasteiger partial charge >= 0.3 is 0 Å². The Morgan fingerprint density at radius 2 is 1.82 bits per heavy atom. The lowest BCUT2D eigenvalue weighted by molar-refractivity contribution is 0.304. The molecule has 5 heteroatoms. The molecular formula is C12H18N2O3. The van der Waals surface area contributed by atoms with Gasteiger partial charge in [0.15, 0.2) is 0 Å². The molecule has 0 aromatic heterocycles. The van der Waals surface area contributed by atoms with Crippen molar-refractivity contribution >= 4 is 5.84 Å². The predicted molar refractivity (Wildman–Crippen MR) is 65.7 cm³/mol. The number of benzene rings is 1. The highest BCUT2D eigenvalue weighted by molar-refractivity contribution is 5.79. The maximum absolute atomic E-state index is 8.34. The van der Waals surface area contributed by atoms with Crippen LogP contribution in [0.5, 0.6) is 11.5 Å². The summed E-state index contributed by atoms with van der Waals surface area (Å²) in [5.74, 6) is 1.84. The number of nitrogens with two attached hydrogens (primary N) is 1. The van der Waals surface area contributed by atoms with Crippen LogP contribution in [0.1, 0.15) is 19.8 Å². The summed E-state index contributed by atoms with van der Waals surface area (Å²) in [5.41, 5.74) is 5.33. The van der Waals surface area contributed by atoms with Gasteiger partial charge in [0.2, 0.25) is 0 Å². The van der Waals surface area contributed by atoms with Crippen LogP contribution in [0.25, 0.3) is 0 Å². The molecule has 0 saturated heterocycles. The number of oxime groups is 1. The summed E-state index contributed by atoms with van der Waals surface area (Å²) in [4.78, 5) is 0. The molecule has 0 heterocycles. The molecule has 0 saturated carbocycles. The van der Waals surface area contributed by atoms with Gasteiger partial charge in [-0.2, -0.15) is 0 Å². The Hall–Kier alpha value is -1.91. The van der Waals surface area contributed by atoms with E-state index >= 15 is 0 Å². The quantitative estimate of drug-likeness (QED) is 0.250. The molecule has 0 amide bonds. The van der Waals surface area contributed by atoms with E-state index in [1.54, 1.807) is 0 Å².